The van der Waals surface area contributed by atoms with Crippen LogP contribution in [-0.2, 0) is 12.8 Å². The van der Waals surface area contributed by atoms with Crippen molar-refractivity contribution in [2.45, 2.75) is 19.3 Å². The third-order valence-corrected chi connectivity index (χ3v) is 2.94. The standard InChI is InChI=1S/C12H14N2O/c1-14-8-2-3-10-11(14)5-4-9(6-7-13)12(10)15/h4-5,15H,2-3,6,8H2,1H3. The number of anilines is 1. The fourth-order valence-corrected chi connectivity index (χ4v) is 2.12. The van der Waals surface area contributed by atoms with E-state index in [-0.39, 0.29) is 6.42 Å². The van der Waals surface area contributed by atoms with Gasteiger partial charge < -0.3 is 10.0 Å². The van der Waals surface area contributed by atoms with Crippen molar-refractivity contribution in [3.8, 4) is 11.8 Å². The van der Waals surface area contributed by atoms with Gasteiger partial charge >= 0.3 is 0 Å². The maximum Gasteiger partial charge on any atom is 0.125 e. The number of aromatic hydroxyl groups is 1. The van der Waals surface area contributed by atoms with Crippen LogP contribution >= 0.6 is 0 Å². The van der Waals surface area contributed by atoms with Crippen molar-refractivity contribution >= 4 is 5.69 Å². The molecule has 0 radical (unpaired) electrons. The maximum atomic E-state index is 10.0. The number of nitrogens with zero attached hydrogens (tertiary/aromatic N) is 2. The summed E-state index contributed by atoms with van der Waals surface area (Å²) in [6, 6.07) is 5.92. The summed E-state index contributed by atoms with van der Waals surface area (Å²) in [6.07, 6.45) is 2.25. The van der Waals surface area contributed by atoms with Gasteiger partial charge in [0.2, 0.25) is 0 Å². The molecule has 1 aliphatic rings. The minimum atomic E-state index is 0.281. The average Bonchev–Trinajstić information content (AvgIpc) is 2.23. The normalized spacial score (nSPS) is 14.5. The SMILES string of the molecule is CN1CCCc2c1ccc(CC#N)c2O. The van der Waals surface area contributed by atoms with Crippen molar-refractivity contribution in [3.63, 3.8) is 0 Å². The Hall–Kier alpha value is -1.69. The van der Waals surface area contributed by atoms with Crippen LogP contribution in [0, 0.1) is 11.3 Å². The molecule has 0 amide bonds. The van der Waals surface area contributed by atoms with Crippen LogP contribution in [0.15, 0.2) is 12.1 Å². The Kier molecular flexibility index (Phi) is 2.51. The van der Waals surface area contributed by atoms with E-state index in [1.165, 1.54) is 0 Å². The number of hydrogen-bond acceptors (Lipinski definition) is 3. The molecule has 0 aromatic heterocycles. The smallest absolute Gasteiger partial charge is 0.125 e. The number of rotatable bonds is 1. The second-order valence-electron chi connectivity index (χ2n) is 3.93. The van der Waals surface area contributed by atoms with Crippen LogP contribution < -0.4 is 4.90 Å². The Balaban J connectivity index is 2.48. The summed E-state index contributed by atoms with van der Waals surface area (Å²) in [5.74, 6) is 0.320. The molecular formula is C12H14N2O. The molecule has 1 aromatic rings. The second-order valence-corrected chi connectivity index (χ2v) is 3.93. The fraction of sp³-hybridized carbons (Fsp3) is 0.417. The van der Waals surface area contributed by atoms with E-state index in [0.717, 1.165) is 36.2 Å². The first kappa shape index (κ1) is 9.85. The summed E-state index contributed by atoms with van der Waals surface area (Å²) < 4.78 is 0. The first-order valence-electron chi connectivity index (χ1n) is 5.16. The fourth-order valence-electron chi connectivity index (χ4n) is 2.12. The molecule has 0 saturated carbocycles. The molecule has 78 valence electrons. The summed E-state index contributed by atoms with van der Waals surface area (Å²) in [5, 5.41) is 18.6. The number of fused-ring (bicyclic) bond motifs is 1. The van der Waals surface area contributed by atoms with Crippen molar-refractivity contribution < 1.29 is 5.11 Å². The highest BCUT2D eigenvalue weighted by atomic mass is 16.3. The van der Waals surface area contributed by atoms with Gasteiger partial charge in [-0.25, -0.2) is 0 Å². The van der Waals surface area contributed by atoms with Gasteiger partial charge in [-0.05, 0) is 18.9 Å². The third-order valence-electron chi connectivity index (χ3n) is 2.94. The topological polar surface area (TPSA) is 47.3 Å². The molecule has 0 bridgehead atoms. The summed E-state index contributed by atoms with van der Waals surface area (Å²) >= 11 is 0. The Bertz CT molecular complexity index is 420. The summed E-state index contributed by atoms with van der Waals surface area (Å²) in [5.41, 5.74) is 2.84. The molecule has 2 rings (SSSR count). The van der Waals surface area contributed by atoms with E-state index in [1.54, 1.807) is 0 Å². The lowest BCUT2D eigenvalue weighted by atomic mass is 9.97. The van der Waals surface area contributed by atoms with Crippen molar-refractivity contribution in [2.75, 3.05) is 18.5 Å². The molecule has 1 aliphatic heterocycles. The highest BCUT2D eigenvalue weighted by molar-refractivity contribution is 5.62. The average molecular weight is 202 g/mol. The Morgan fingerprint density at radius 2 is 2.33 bits per heavy atom. The Morgan fingerprint density at radius 1 is 1.53 bits per heavy atom. The molecule has 0 aliphatic carbocycles. The summed E-state index contributed by atoms with van der Waals surface area (Å²) in [4.78, 5) is 2.15. The highest BCUT2D eigenvalue weighted by Crippen LogP contribution is 2.35. The van der Waals surface area contributed by atoms with Crippen LogP contribution in [0.5, 0.6) is 5.75 Å². The van der Waals surface area contributed by atoms with E-state index in [0.29, 0.717) is 5.75 Å². The van der Waals surface area contributed by atoms with Crippen molar-refractivity contribution in [1.82, 2.24) is 0 Å². The van der Waals surface area contributed by atoms with Crippen LogP contribution in [0.1, 0.15) is 17.5 Å². The number of phenols is 1. The lowest BCUT2D eigenvalue weighted by Gasteiger charge is -2.28. The summed E-state index contributed by atoms with van der Waals surface area (Å²) in [6.45, 7) is 1.03. The van der Waals surface area contributed by atoms with Gasteiger partial charge in [-0.15, -0.1) is 0 Å². The largest absolute Gasteiger partial charge is 0.507 e. The van der Waals surface area contributed by atoms with E-state index in [2.05, 4.69) is 11.0 Å². The first-order valence-corrected chi connectivity index (χ1v) is 5.16. The monoisotopic (exact) mass is 202 g/mol. The van der Waals surface area contributed by atoms with Crippen LogP contribution in [0.2, 0.25) is 0 Å². The zero-order valence-electron chi connectivity index (χ0n) is 8.82. The molecule has 15 heavy (non-hydrogen) atoms. The van der Waals surface area contributed by atoms with Gasteiger partial charge in [0.05, 0.1) is 12.5 Å². The predicted octanol–water partition coefficient (Wildman–Crippen LogP) is 1.84. The second kappa shape index (κ2) is 3.82. The zero-order valence-corrected chi connectivity index (χ0v) is 8.82. The van der Waals surface area contributed by atoms with Crippen LogP contribution in [-0.4, -0.2) is 18.7 Å². The first-order chi connectivity index (χ1) is 7.24. The van der Waals surface area contributed by atoms with Crippen LogP contribution in [0.3, 0.4) is 0 Å². The molecule has 0 fully saturated rings. The van der Waals surface area contributed by atoms with E-state index < -0.39 is 0 Å². The molecule has 0 atom stereocenters. The molecule has 0 unspecified atom stereocenters. The van der Waals surface area contributed by atoms with E-state index in [1.807, 2.05) is 19.2 Å². The van der Waals surface area contributed by atoms with Gasteiger partial charge in [-0.2, -0.15) is 5.26 Å². The number of phenolic OH excluding ortho intramolecular Hbond substituents is 1. The number of hydrogen-bond donors (Lipinski definition) is 1. The Morgan fingerprint density at radius 3 is 3.07 bits per heavy atom. The van der Waals surface area contributed by atoms with Crippen LogP contribution in [0.25, 0.3) is 0 Å². The molecule has 3 nitrogen and oxygen atoms in total. The van der Waals surface area contributed by atoms with E-state index >= 15 is 0 Å². The number of nitriles is 1. The van der Waals surface area contributed by atoms with Gasteiger partial charge in [0.1, 0.15) is 5.75 Å². The zero-order chi connectivity index (χ0) is 10.8. The minimum absolute atomic E-state index is 0.281. The lowest BCUT2D eigenvalue weighted by molar-refractivity contribution is 0.460. The molecule has 1 heterocycles. The van der Waals surface area contributed by atoms with Crippen LogP contribution in [0.4, 0.5) is 5.69 Å². The molecular weight excluding hydrogens is 188 g/mol. The molecule has 1 N–H and O–H groups in total. The highest BCUT2D eigenvalue weighted by Gasteiger charge is 2.18. The van der Waals surface area contributed by atoms with E-state index in [9.17, 15) is 5.11 Å². The van der Waals surface area contributed by atoms with E-state index in [4.69, 9.17) is 5.26 Å². The molecule has 0 saturated heterocycles. The lowest BCUT2D eigenvalue weighted by Crippen LogP contribution is -2.24. The summed E-state index contributed by atoms with van der Waals surface area (Å²) in [7, 11) is 2.03. The van der Waals surface area contributed by atoms with Crippen molar-refractivity contribution in [3.05, 3.63) is 23.3 Å². The molecule has 3 heteroatoms. The van der Waals surface area contributed by atoms with Gasteiger partial charge in [-0.1, -0.05) is 6.07 Å². The maximum absolute atomic E-state index is 10.0. The molecule has 0 spiro atoms. The van der Waals surface area contributed by atoms with Gasteiger partial charge in [-0.3, -0.25) is 0 Å². The van der Waals surface area contributed by atoms with Gasteiger partial charge in [0, 0.05) is 30.4 Å². The van der Waals surface area contributed by atoms with Gasteiger partial charge in [0.15, 0.2) is 0 Å². The van der Waals surface area contributed by atoms with Crippen molar-refractivity contribution in [1.29, 1.82) is 5.26 Å². The minimum Gasteiger partial charge on any atom is -0.507 e. The molecule has 1 aromatic carbocycles. The Labute approximate surface area is 89.6 Å². The quantitative estimate of drug-likeness (QED) is 0.755. The predicted molar refractivity (Wildman–Crippen MR) is 59.0 cm³/mol. The number of benzene rings is 1. The van der Waals surface area contributed by atoms with Crippen molar-refractivity contribution in [2.24, 2.45) is 0 Å². The third kappa shape index (κ3) is 1.63. The van der Waals surface area contributed by atoms with Gasteiger partial charge in [0.25, 0.3) is 0 Å².